The van der Waals surface area contributed by atoms with Crippen molar-refractivity contribution in [2.75, 3.05) is 49.8 Å². The summed E-state index contributed by atoms with van der Waals surface area (Å²) in [4.78, 5) is 0. The summed E-state index contributed by atoms with van der Waals surface area (Å²) in [5, 5.41) is 0. The van der Waals surface area contributed by atoms with Crippen molar-refractivity contribution >= 4 is 0 Å². The van der Waals surface area contributed by atoms with E-state index in [1.54, 1.807) is 49.8 Å². The lowest BCUT2D eigenvalue weighted by Gasteiger charge is -2.32. The molecule has 0 radical (unpaired) electrons. The highest BCUT2D eigenvalue weighted by Gasteiger charge is 2.38. The van der Waals surface area contributed by atoms with Crippen LogP contribution in [0.3, 0.4) is 0 Å². The van der Waals surface area contributed by atoms with Crippen LogP contribution in [0, 0.1) is 0 Å². The van der Waals surface area contributed by atoms with Crippen molar-refractivity contribution in [3.63, 3.8) is 0 Å². The van der Waals surface area contributed by atoms with Crippen LogP contribution in [0.1, 0.15) is 45.2 Å². The van der Waals surface area contributed by atoms with Crippen molar-refractivity contribution < 1.29 is 33.2 Å². The molecule has 0 amide bonds. The first-order chi connectivity index (χ1) is 20.5. The Labute approximate surface area is 246 Å². The third-order valence-electron chi connectivity index (χ3n) is 8.70. The van der Waals surface area contributed by atoms with Crippen LogP contribution in [0.5, 0.6) is 40.2 Å². The van der Waals surface area contributed by atoms with Crippen LogP contribution in [-0.2, 0) is 12.8 Å². The molecule has 2 atom stereocenters. The number of rotatable bonds is 8. The number of benzene rings is 4. The van der Waals surface area contributed by atoms with E-state index in [1.807, 2.05) is 12.1 Å². The van der Waals surface area contributed by atoms with Crippen molar-refractivity contribution in [3.05, 3.63) is 88.0 Å². The molecule has 2 aliphatic carbocycles. The fourth-order valence-corrected chi connectivity index (χ4v) is 6.78. The third kappa shape index (κ3) is 4.35. The quantitative estimate of drug-likeness (QED) is 0.232. The second kappa shape index (κ2) is 11.0. The smallest absolute Gasteiger partial charge is 0.161 e. The first kappa shape index (κ1) is 27.6. The van der Waals surface area contributed by atoms with Crippen molar-refractivity contribution in [2.24, 2.45) is 0 Å². The zero-order chi connectivity index (χ0) is 29.5. The molecule has 4 aromatic carbocycles. The fourth-order valence-electron chi connectivity index (χ4n) is 6.78. The summed E-state index contributed by atoms with van der Waals surface area (Å²) in [6, 6.07) is 18.9. The van der Waals surface area contributed by atoms with Gasteiger partial charge in [-0.05, 0) is 94.3 Å². The Morgan fingerprint density at radius 2 is 1.02 bits per heavy atom. The first-order valence-electron chi connectivity index (χ1n) is 13.9. The minimum atomic E-state index is 0.000891. The van der Waals surface area contributed by atoms with E-state index in [0.29, 0.717) is 23.0 Å². The van der Waals surface area contributed by atoms with Crippen molar-refractivity contribution in [3.8, 4) is 51.4 Å². The van der Waals surface area contributed by atoms with E-state index >= 15 is 0 Å². The van der Waals surface area contributed by atoms with E-state index in [0.717, 1.165) is 52.3 Å². The number of ether oxygens (including phenoxy) is 7. The predicted molar refractivity (Wildman–Crippen MR) is 162 cm³/mol. The Hall–Kier alpha value is -4.52. The van der Waals surface area contributed by atoms with Gasteiger partial charge in [-0.2, -0.15) is 0 Å². The largest absolute Gasteiger partial charge is 0.497 e. The molecule has 0 fully saturated rings. The number of hydrogen-bond acceptors (Lipinski definition) is 7. The number of fused-ring (bicyclic) bond motifs is 4. The average Bonchev–Trinajstić information content (AvgIpc) is 3.17. The standard InChI is InChI=1S/C35H36O7/c1-36-22-10-20-12-24(19-8-9-29(38-3)30(14-19)39-4)25-17-31(40-5)32(41-6)18-26(25)27-13-21-11-23(37-2)16-33(42-7)35(21)28(15-22)34(20)27/h8-11,14-18,24,27H,12-13H2,1-7H3. The molecule has 2 unspecified atom stereocenters. The lowest BCUT2D eigenvalue weighted by molar-refractivity contribution is 0.353. The molecule has 0 saturated carbocycles. The van der Waals surface area contributed by atoms with E-state index in [1.165, 1.54) is 22.3 Å². The highest BCUT2D eigenvalue weighted by Crippen LogP contribution is 2.55. The van der Waals surface area contributed by atoms with E-state index in [2.05, 4.69) is 42.5 Å². The molecule has 42 heavy (non-hydrogen) atoms. The van der Waals surface area contributed by atoms with Gasteiger partial charge in [0.05, 0.1) is 49.8 Å². The third-order valence-corrected chi connectivity index (χ3v) is 8.70. The maximum absolute atomic E-state index is 5.93. The Morgan fingerprint density at radius 3 is 1.64 bits per heavy atom. The van der Waals surface area contributed by atoms with Gasteiger partial charge >= 0.3 is 0 Å². The molecular weight excluding hydrogens is 532 g/mol. The molecular formula is C35H36O7. The minimum Gasteiger partial charge on any atom is -0.497 e. The van der Waals surface area contributed by atoms with E-state index in [4.69, 9.17) is 33.2 Å². The summed E-state index contributed by atoms with van der Waals surface area (Å²) in [6.07, 6.45) is 1.53. The first-order valence-corrected chi connectivity index (χ1v) is 13.9. The number of hydrogen-bond donors (Lipinski definition) is 0. The highest BCUT2D eigenvalue weighted by molar-refractivity contribution is 5.84. The lowest BCUT2D eigenvalue weighted by atomic mass is 9.73. The monoisotopic (exact) mass is 568 g/mol. The molecule has 0 N–H and O–H groups in total. The van der Waals surface area contributed by atoms with E-state index in [-0.39, 0.29) is 11.8 Å². The molecule has 0 saturated heterocycles. The summed E-state index contributed by atoms with van der Waals surface area (Å²) < 4.78 is 40.4. The van der Waals surface area contributed by atoms with Gasteiger partial charge in [0.1, 0.15) is 17.2 Å². The highest BCUT2D eigenvalue weighted by atomic mass is 16.5. The molecule has 2 aliphatic rings. The van der Waals surface area contributed by atoms with Gasteiger partial charge in [-0.1, -0.05) is 6.07 Å². The Bertz CT molecular complexity index is 1660. The second-order valence-electron chi connectivity index (χ2n) is 10.6. The van der Waals surface area contributed by atoms with Crippen LogP contribution in [-0.4, -0.2) is 49.8 Å². The Kier molecular flexibility index (Phi) is 7.27. The van der Waals surface area contributed by atoms with Gasteiger partial charge in [-0.15, -0.1) is 0 Å². The van der Waals surface area contributed by atoms with Crippen LogP contribution in [0.4, 0.5) is 0 Å². The Morgan fingerprint density at radius 1 is 0.476 bits per heavy atom. The lowest BCUT2D eigenvalue weighted by Crippen LogP contribution is -2.16. The molecule has 0 aliphatic heterocycles. The van der Waals surface area contributed by atoms with Gasteiger partial charge in [0.25, 0.3) is 0 Å². The minimum absolute atomic E-state index is 0.000891. The fraction of sp³-hybridized carbons (Fsp3) is 0.314. The molecule has 218 valence electrons. The van der Waals surface area contributed by atoms with E-state index in [9.17, 15) is 0 Å². The van der Waals surface area contributed by atoms with Crippen molar-refractivity contribution in [1.82, 2.24) is 0 Å². The van der Waals surface area contributed by atoms with Gasteiger partial charge in [-0.25, -0.2) is 0 Å². The second-order valence-corrected chi connectivity index (χ2v) is 10.6. The summed E-state index contributed by atoms with van der Waals surface area (Å²) in [5.41, 5.74) is 9.37. The summed E-state index contributed by atoms with van der Waals surface area (Å²) in [7, 11) is 11.8. The van der Waals surface area contributed by atoms with Crippen LogP contribution >= 0.6 is 0 Å². The maximum atomic E-state index is 5.93. The van der Waals surface area contributed by atoms with Crippen molar-refractivity contribution in [2.45, 2.75) is 24.7 Å². The summed E-state index contributed by atoms with van der Waals surface area (Å²) in [6.45, 7) is 0. The molecule has 7 heteroatoms. The van der Waals surface area contributed by atoms with Gasteiger partial charge < -0.3 is 33.2 Å². The molecule has 0 spiro atoms. The van der Waals surface area contributed by atoms with Crippen LogP contribution in [0.2, 0.25) is 0 Å². The average molecular weight is 569 g/mol. The number of methoxy groups -OCH3 is 7. The molecule has 0 bridgehead atoms. The molecule has 4 aromatic rings. The molecule has 6 rings (SSSR count). The van der Waals surface area contributed by atoms with Crippen LogP contribution < -0.4 is 33.2 Å². The molecule has 0 heterocycles. The Balaban J connectivity index is 1.68. The van der Waals surface area contributed by atoms with Gasteiger partial charge in [0.2, 0.25) is 0 Å². The maximum Gasteiger partial charge on any atom is 0.161 e. The SMILES string of the molecule is COc1cc2c(c(OC)c1)-c1cc(OC)cc3c1C(C2)c1cc(OC)c(OC)cc1C(c1ccc(OC)c(OC)c1)C3. The summed E-state index contributed by atoms with van der Waals surface area (Å²) in [5.74, 6) is 5.20. The predicted octanol–water partition coefficient (Wildman–Crippen LogP) is 6.79. The van der Waals surface area contributed by atoms with Gasteiger partial charge in [0, 0.05) is 23.5 Å². The molecule has 7 nitrogen and oxygen atoms in total. The zero-order valence-corrected chi connectivity index (χ0v) is 25.1. The van der Waals surface area contributed by atoms with E-state index < -0.39 is 0 Å². The zero-order valence-electron chi connectivity index (χ0n) is 25.1. The topological polar surface area (TPSA) is 64.6 Å². The normalized spacial score (nSPS) is 16.3. The summed E-state index contributed by atoms with van der Waals surface area (Å²) >= 11 is 0. The van der Waals surface area contributed by atoms with Crippen molar-refractivity contribution in [1.29, 1.82) is 0 Å². The molecule has 0 aromatic heterocycles. The van der Waals surface area contributed by atoms with Gasteiger partial charge in [0.15, 0.2) is 23.0 Å². The van der Waals surface area contributed by atoms with Crippen LogP contribution in [0.25, 0.3) is 11.1 Å². The van der Waals surface area contributed by atoms with Gasteiger partial charge in [-0.3, -0.25) is 0 Å². The van der Waals surface area contributed by atoms with Crippen LogP contribution in [0.15, 0.2) is 54.6 Å².